The number of ether oxygens (including phenoxy) is 2. The van der Waals surface area contributed by atoms with Gasteiger partial charge in [-0.25, -0.2) is 4.39 Å². The topological polar surface area (TPSA) is 94.9 Å². The second kappa shape index (κ2) is 14.8. The Morgan fingerprint density at radius 3 is 2.52 bits per heavy atom. The van der Waals surface area contributed by atoms with Crippen LogP contribution in [-0.2, 0) is 27.2 Å². The van der Waals surface area contributed by atoms with Gasteiger partial charge in [0, 0.05) is 64.0 Å². The molecular weight excluding hydrogens is 511 g/mol. The number of nitriles is 1. The summed E-state index contributed by atoms with van der Waals surface area (Å²) >= 11 is 0. The lowest BCUT2D eigenvalue weighted by molar-refractivity contribution is -0.135. The molecule has 2 aromatic rings. The molecule has 1 heterocycles. The van der Waals surface area contributed by atoms with Crippen LogP contribution in [0.15, 0.2) is 30.3 Å². The second-order valence-corrected chi connectivity index (χ2v) is 10.7. The minimum Gasteiger partial charge on any atom is -0.493 e. The normalized spacial score (nSPS) is 15.0. The molecule has 0 unspecified atom stereocenters. The summed E-state index contributed by atoms with van der Waals surface area (Å²) in [6, 6.07) is 10.1. The molecule has 0 spiro atoms. The number of likely N-dealkylation sites (N-methyl/N-ethyl adjacent to an activating group) is 1. The fraction of sp³-hybridized carbons (Fsp3) is 0.516. The van der Waals surface area contributed by atoms with Crippen molar-refractivity contribution in [3.63, 3.8) is 0 Å². The van der Waals surface area contributed by atoms with Crippen molar-refractivity contribution in [3.05, 3.63) is 52.8 Å². The molecule has 216 valence electrons. The van der Waals surface area contributed by atoms with Gasteiger partial charge < -0.3 is 24.6 Å². The summed E-state index contributed by atoms with van der Waals surface area (Å²) in [5.41, 5.74) is 2.10. The summed E-state index contributed by atoms with van der Waals surface area (Å²) in [5.74, 6) is -0.286. The minimum absolute atomic E-state index is 0.00804. The van der Waals surface area contributed by atoms with E-state index in [1.165, 1.54) is 11.0 Å². The smallest absolute Gasteiger partial charge is 0.227 e. The van der Waals surface area contributed by atoms with Crippen LogP contribution >= 0.6 is 0 Å². The van der Waals surface area contributed by atoms with Crippen LogP contribution in [0.25, 0.3) is 11.1 Å². The predicted octanol–water partition coefficient (Wildman–Crippen LogP) is 3.94. The molecule has 1 fully saturated rings. The van der Waals surface area contributed by atoms with E-state index in [4.69, 9.17) is 9.47 Å². The van der Waals surface area contributed by atoms with Crippen LogP contribution in [0.3, 0.4) is 0 Å². The molecule has 2 amide bonds. The number of benzene rings is 2. The summed E-state index contributed by atoms with van der Waals surface area (Å²) < 4.78 is 26.4. The van der Waals surface area contributed by atoms with Crippen molar-refractivity contribution in [2.45, 2.75) is 58.0 Å². The van der Waals surface area contributed by atoms with Gasteiger partial charge in [-0.15, -0.1) is 0 Å². The first-order valence-electron chi connectivity index (χ1n) is 13.9. The van der Waals surface area contributed by atoms with Gasteiger partial charge in [0.25, 0.3) is 0 Å². The minimum atomic E-state index is -0.494. The van der Waals surface area contributed by atoms with Gasteiger partial charge in [-0.1, -0.05) is 6.07 Å². The maximum absolute atomic E-state index is 15.2. The van der Waals surface area contributed by atoms with E-state index < -0.39 is 5.82 Å². The quantitative estimate of drug-likeness (QED) is 0.401. The zero-order valence-electron chi connectivity index (χ0n) is 24.3. The standard InChI is InChI=1S/C31H41FN4O4/c1-21(2)36(25-8-6-11-34-20-25)31(38)18-23-17-29(40-13-7-12-39-5)27(16-24(23)19-33)26-14-22(9-10-28(26)32)15-30(37)35(3)4/h9-10,14,16-17,21,25,34H,6-8,11-13,15,18,20H2,1-5H3/t25-/m1/s1. The van der Waals surface area contributed by atoms with E-state index in [9.17, 15) is 14.9 Å². The van der Waals surface area contributed by atoms with Gasteiger partial charge in [-0.05, 0) is 68.6 Å². The summed E-state index contributed by atoms with van der Waals surface area (Å²) in [7, 11) is 4.95. The largest absolute Gasteiger partial charge is 0.493 e. The van der Waals surface area contributed by atoms with E-state index in [2.05, 4.69) is 11.4 Å². The van der Waals surface area contributed by atoms with Gasteiger partial charge in [0.2, 0.25) is 11.8 Å². The lowest BCUT2D eigenvalue weighted by Gasteiger charge is -2.37. The molecule has 8 nitrogen and oxygen atoms in total. The lowest BCUT2D eigenvalue weighted by atomic mass is 9.94. The molecule has 0 bridgehead atoms. The molecule has 0 saturated carbocycles. The number of piperidine rings is 1. The monoisotopic (exact) mass is 552 g/mol. The number of nitrogens with one attached hydrogen (secondary N) is 1. The summed E-state index contributed by atoms with van der Waals surface area (Å²) in [4.78, 5) is 29.3. The zero-order chi connectivity index (χ0) is 29.2. The SMILES string of the molecule is COCCCOc1cc(CC(=O)N(C(C)C)[C@@H]2CCCNC2)c(C#N)cc1-c1cc(CC(=O)N(C)C)ccc1F. The van der Waals surface area contributed by atoms with Crippen LogP contribution in [0.2, 0.25) is 0 Å². The van der Waals surface area contributed by atoms with E-state index in [-0.39, 0.29) is 47.9 Å². The molecule has 3 rings (SSSR count). The van der Waals surface area contributed by atoms with Gasteiger partial charge in [0.15, 0.2) is 0 Å². The number of carbonyl (C=O) groups excluding carboxylic acids is 2. The molecule has 9 heteroatoms. The number of hydrogen-bond donors (Lipinski definition) is 1. The lowest BCUT2D eigenvalue weighted by Crippen LogP contribution is -2.52. The maximum atomic E-state index is 15.2. The van der Waals surface area contributed by atoms with Crippen LogP contribution < -0.4 is 10.1 Å². The van der Waals surface area contributed by atoms with Crippen molar-refractivity contribution < 1.29 is 23.5 Å². The highest BCUT2D eigenvalue weighted by molar-refractivity contribution is 5.83. The molecule has 0 radical (unpaired) electrons. The number of halogens is 1. The maximum Gasteiger partial charge on any atom is 0.227 e. The van der Waals surface area contributed by atoms with Crippen molar-refractivity contribution in [3.8, 4) is 22.9 Å². The Morgan fingerprint density at radius 2 is 1.90 bits per heavy atom. The molecule has 1 aliphatic heterocycles. The van der Waals surface area contributed by atoms with E-state index >= 15 is 4.39 Å². The third-order valence-electron chi connectivity index (χ3n) is 7.10. The first kappa shape index (κ1) is 31.1. The van der Waals surface area contributed by atoms with Gasteiger partial charge >= 0.3 is 0 Å². The molecule has 1 saturated heterocycles. The highest BCUT2D eigenvalue weighted by Gasteiger charge is 2.28. The Balaban J connectivity index is 2.02. The van der Waals surface area contributed by atoms with Gasteiger partial charge in [-0.2, -0.15) is 5.26 Å². The highest BCUT2D eigenvalue weighted by atomic mass is 19.1. The van der Waals surface area contributed by atoms with Crippen LogP contribution in [-0.4, -0.2) is 81.2 Å². The fourth-order valence-electron chi connectivity index (χ4n) is 5.05. The number of carbonyl (C=O) groups is 2. The van der Waals surface area contributed by atoms with Crippen molar-refractivity contribution in [2.75, 3.05) is 47.5 Å². The highest BCUT2D eigenvalue weighted by Crippen LogP contribution is 2.36. The number of methoxy groups -OCH3 is 1. The Morgan fingerprint density at radius 1 is 1.12 bits per heavy atom. The van der Waals surface area contributed by atoms with Gasteiger partial charge in [-0.3, -0.25) is 9.59 Å². The number of rotatable bonds is 12. The Kier molecular flexibility index (Phi) is 11.5. The third-order valence-corrected chi connectivity index (χ3v) is 7.10. The first-order chi connectivity index (χ1) is 19.2. The summed E-state index contributed by atoms with van der Waals surface area (Å²) in [6.07, 6.45) is 2.69. The number of hydrogen-bond acceptors (Lipinski definition) is 6. The van der Waals surface area contributed by atoms with Crippen LogP contribution in [0.1, 0.15) is 49.8 Å². The number of nitrogens with zero attached hydrogens (tertiary/aromatic N) is 3. The third kappa shape index (κ3) is 8.03. The average Bonchev–Trinajstić information content (AvgIpc) is 2.92. The molecule has 0 aliphatic carbocycles. The molecule has 40 heavy (non-hydrogen) atoms. The number of amides is 2. The molecule has 1 N–H and O–H groups in total. The molecular formula is C31H41FN4O4. The average molecular weight is 553 g/mol. The second-order valence-electron chi connectivity index (χ2n) is 10.7. The molecule has 1 aliphatic rings. The van der Waals surface area contributed by atoms with Crippen molar-refractivity contribution in [2.24, 2.45) is 0 Å². The summed E-state index contributed by atoms with van der Waals surface area (Å²) in [5, 5.41) is 13.4. The van der Waals surface area contributed by atoms with Crippen LogP contribution in [0.5, 0.6) is 5.75 Å². The van der Waals surface area contributed by atoms with E-state index in [1.807, 2.05) is 18.7 Å². The van der Waals surface area contributed by atoms with Crippen LogP contribution in [0.4, 0.5) is 4.39 Å². The van der Waals surface area contributed by atoms with Crippen LogP contribution in [0, 0.1) is 17.1 Å². The zero-order valence-corrected chi connectivity index (χ0v) is 24.3. The van der Waals surface area contributed by atoms with Crippen molar-refractivity contribution in [1.82, 2.24) is 15.1 Å². The molecule has 2 aromatic carbocycles. The van der Waals surface area contributed by atoms with Crippen molar-refractivity contribution >= 4 is 11.8 Å². The Hall–Kier alpha value is -3.48. The van der Waals surface area contributed by atoms with E-state index in [0.29, 0.717) is 42.1 Å². The predicted molar refractivity (Wildman–Crippen MR) is 153 cm³/mol. The molecule has 1 atom stereocenters. The van der Waals surface area contributed by atoms with E-state index in [0.717, 1.165) is 25.9 Å². The first-order valence-corrected chi connectivity index (χ1v) is 13.9. The Labute approximate surface area is 237 Å². The Bertz CT molecular complexity index is 1220. The summed E-state index contributed by atoms with van der Waals surface area (Å²) in [6.45, 7) is 6.50. The molecule has 0 aromatic heterocycles. The van der Waals surface area contributed by atoms with Crippen molar-refractivity contribution in [1.29, 1.82) is 5.26 Å². The van der Waals surface area contributed by atoms with E-state index in [1.54, 1.807) is 45.5 Å². The fourth-order valence-corrected chi connectivity index (χ4v) is 5.05. The van der Waals surface area contributed by atoms with Gasteiger partial charge in [0.05, 0.1) is 31.1 Å². The van der Waals surface area contributed by atoms with Gasteiger partial charge in [0.1, 0.15) is 11.6 Å².